The molecule has 0 radical (unpaired) electrons. The summed E-state index contributed by atoms with van der Waals surface area (Å²) in [7, 11) is 0. The van der Waals surface area contributed by atoms with E-state index in [4.69, 9.17) is 16.3 Å². The maximum atomic E-state index is 5.60. The lowest BCUT2D eigenvalue weighted by atomic mass is 10.1. The minimum Gasteiger partial charge on any atom is -0.375 e. The number of rotatable bonds is 5. The molecule has 1 aromatic heterocycles. The molecule has 0 aliphatic rings. The Hall–Kier alpha value is -0.670. The lowest BCUT2D eigenvalue weighted by molar-refractivity contribution is 0.108. The molecule has 0 spiro atoms. The van der Waals surface area contributed by atoms with Crippen LogP contribution in [0.4, 0.5) is 0 Å². The molecule has 0 saturated heterocycles. The van der Waals surface area contributed by atoms with Crippen LogP contribution in [-0.2, 0) is 11.3 Å². The van der Waals surface area contributed by atoms with Crippen LogP contribution in [0.15, 0.2) is 12.1 Å². The lowest BCUT2D eigenvalue weighted by Gasteiger charge is -2.05. The van der Waals surface area contributed by atoms with E-state index in [1.807, 2.05) is 6.07 Å². The molecular weight excluding hydrogens is 200 g/mol. The fourth-order valence-electron chi connectivity index (χ4n) is 0.916. The van der Waals surface area contributed by atoms with Gasteiger partial charge in [-0.1, -0.05) is 25.4 Å². The Morgan fingerprint density at radius 1 is 1.36 bits per heavy atom. The predicted molar refractivity (Wildman–Crippen MR) is 56.2 cm³/mol. The Bertz CT molecular complexity index is 261. The van der Waals surface area contributed by atoms with Crippen LogP contribution in [0.2, 0.25) is 5.15 Å². The van der Waals surface area contributed by atoms with Gasteiger partial charge in [0.25, 0.3) is 0 Å². The van der Waals surface area contributed by atoms with Crippen LogP contribution in [-0.4, -0.2) is 16.8 Å². The van der Waals surface area contributed by atoms with Crippen molar-refractivity contribution in [3.8, 4) is 0 Å². The Kier molecular flexibility index (Phi) is 4.84. The second kappa shape index (κ2) is 5.94. The highest BCUT2D eigenvalue weighted by atomic mass is 35.5. The Balaban J connectivity index is 2.21. The van der Waals surface area contributed by atoms with Crippen molar-refractivity contribution in [3.05, 3.63) is 23.0 Å². The van der Waals surface area contributed by atoms with Crippen LogP contribution in [0.1, 0.15) is 26.0 Å². The highest BCUT2D eigenvalue weighted by molar-refractivity contribution is 6.29. The third-order valence-electron chi connectivity index (χ3n) is 1.78. The number of hydrogen-bond donors (Lipinski definition) is 0. The molecule has 0 saturated carbocycles. The van der Waals surface area contributed by atoms with E-state index in [2.05, 4.69) is 24.0 Å². The molecule has 3 nitrogen and oxygen atoms in total. The minimum absolute atomic E-state index is 0.413. The average molecular weight is 215 g/mol. The van der Waals surface area contributed by atoms with Gasteiger partial charge in [0, 0.05) is 6.61 Å². The predicted octanol–water partition coefficient (Wildman–Crippen LogP) is 2.69. The Labute approximate surface area is 89.4 Å². The summed E-state index contributed by atoms with van der Waals surface area (Å²) in [5, 5.41) is 8.03. The molecule has 1 rings (SSSR count). The van der Waals surface area contributed by atoms with Crippen molar-refractivity contribution < 1.29 is 4.74 Å². The molecular formula is C10H15ClN2O. The number of halogens is 1. The summed E-state index contributed by atoms with van der Waals surface area (Å²) in [5.74, 6) is 0.673. The number of nitrogens with zero attached hydrogens (tertiary/aromatic N) is 2. The second-order valence-electron chi connectivity index (χ2n) is 3.58. The van der Waals surface area contributed by atoms with Crippen molar-refractivity contribution in [2.75, 3.05) is 6.61 Å². The molecule has 0 atom stereocenters. The van der Waals surface area contributed by atoms with Crippen LogP contribution < -0.4 is 0 Å². The average Bonchev–Trinajstić information content (AvgIpc) is 2.15. The number of aromatic nitrogens is 2. The second-order valence-corrected chi connectivity index (χ2v) is 3.97. The van der Waals surface area contributed by atoms with Gasteiger partial charge in [-0.25, -0.2) is 0 Å². The normalized spacial score (nSPS) is 10.9. The third-order valence-corrected chi connectivity index (χ3v) is 1.98. The van der Waals surface area contributed by atoms with Gasteiger partial charge >= 0.3 is 0 Å². The first-order valence-corrected chi connectivity index (χ1v) is 5.12. The zero-order chi connectivity index (χ0) is 10.4. The molecule has 0 unspecified atom stereocenters. The van der Waals surface area contributed by atoms with Crippen LogP contribution in [0.3, 0.4) is 0 Å². The highest BCUT2D eigenvalue weighted by Gasteiger charge is 1.97. The largest absolute Gasteiger partial charge is 0.375 e. The zero-order valence-corrected chi connectivity index (χ0v) is 9.29. The molecule has 78 valence electrons. The van der Waals surface area contributed by atoms with Crippen LogP contribution >= 0.6 is 11.6 Å². The Morgan fingerprint density at radius 3 is 2.71 bits per heavy atom. The van der Waals surface area contributed by atoms with E-state index in [1.54, 1.807) is 6.07 Å². The standard InChI is InChI=1S/C10H15ClN2O/c1-8(2)5-6-14-7-9-3-4-10(11)13-12-9/h3-4,8H,5-7H2,1-2H3. The van der Waals surface area contributed by atoms with Gasteiger partial charge < -0.3 is 4.74 Å². The van der Waals surface area contributed by atoms with Gasteiger partial charge in [-0.2, -0.15) is 5.10 Å². The summed E-state index contributed by atoms with van der Waals surface area (Å²) in [4.78, 5) is 0. The Morgan fingerprint density at radius 2 is 2.14 bits per heavy atom. The van der Waals surface area contributed by atoms with E-state index in [0.29, 0.717) is 17.7 Å². The van der Waals surface area contributed by atoms with Crippen molar-refractivity contribution in [1.82, 2.24) is 10.2 Å². The van der Waals surface area contributed by atoms with Gasteiger partial charge in [0.1, 0.15) is 0 Å². The van der Waals surface area contributed by atoms with Gasteiger partial charge in [0.15, 0.2) is 5.15 Å². The van der Waals surface area contributed by atoms with Crippen molar-refractivity contribution >= 4 is 11.6 Å². The number of hydrogen-bond acceptors (Lipinski definition) is 3. The van der Waals surface area contributed by atoms with E-state index in [1.165, 1.54) is 0 Å². The molecule has 0 fully saturated rings. The van der Waals surface area contributed by atoms with Crippen LogP contribution in [0.5, 0.6) is 0 Å². The molecule has 0 N–H and O–H groups in total. The fraction of sp³-hybridized carbons (Fsp3) is 0.600. The molecule has 1 heterocycles. The van der Waals surface area contributed by atoms with Crippen molar-refractivity contribution in [3.63, 3.8) is 0 Å². The summed E-state index contributed by atoms with van der Waals surface area (Å²) in [6.45, 7) is 5.62. The summed E-state index contributed by atoms with van der Waals surface area (Å²) in [5.41, 5.74) is 0.818. The smallest absolute Gasteiger partial charge is 0.151 e. The third kappa shape index (κ3) is 4.53. The van der Waals surface area contributed by atoms with Gasteiger partial charge in [-0.3, -0.25) is 0 Å². The van der Waals surface area contributed by atoms with Crippen LogP contribution in [0, 0.1) is 5.92 Å². The number of ether oxygens (including phenoxy) is 1. The molecule has 14 heavy (non-hydrogen) atoms. The van der Waals surface area contributed by atoms with E-state index in [-0.39, 0.29) is 0 Å². The highest BCUT2D eigenvalue weighted by Crippen LogP contribution is 2.04. The maximum Gasteiger partial charge on any atom is 0.151 e. The summed E-state index contributed by atoms with van der Waals surface area (Å²) >= 11 is 5.60. The molecule has 0 amide bonds. The van der Waals surface area contributed by atoms with E-state index < -0.39 is 0 Å². The first-order chi connectivity index (χ1) is 6.68. The summed E-state index contributed by atoms with van der Waals surface area (Å²) < 4.78 is 5.42. The topological polar surface area (TPSA) is 35.0 Å². The molecule has 0 aromatic carbocycles. The molecule has 0 aliphatic heterocycles. The van der Waals surface area contributed by atoms with Gasteiger partial charge in [-0.05, 0) is 24.5 Å². The monoisotopic (exact) mass is 214 g/mol. The van der Waals surface area contributed by atoms with Gasteiger partial charge in [-0.15, -0.1) is 5.10 Å². The lowest BCUT2D eigenvalue weighted by Crippen LogP contribution is -2.01. The zero-order valence-electron chi connectivity index (χ0n) is 8.53. The van der Waals surface area contributed by atoms with Crippen molar-refractivity contribution in [1.29, 1.82) is 0 Å². The first kappa shape index (κ1) is 11.4. The molecule has 1 aromatic rings. The van der Waals surface area contributed by atoms with Crippen LogP contribution in [0.25, 0.3) is 0 Å². The molecule has 0 aliphatic carbocycles. The minimum atomic E-state index is 0.413. The maximum absolute atomic E-state index is 5.60. The van der Waals surface area contributed by atoms with E-state index in [0.717, 1.165) is 18.7 Å². The summed E-state index contributed by atoms with van der Waals surface area (Å²) in [6, 6.07) is 3.54. The first-order valence-electron chi connectivity index (χ1n) is 4.74. The fourth-order valence-corrected chi connectivity index (χ4v) is 1.02. The SMILES string of the molecule is CC(C)CCOCc1ccc(Cl)nn1. The van der Waals surface area contributed by atoms with E-state index in [9.17, 15) is 0 Å². The van der Waals surface area contributed by atoms with Crippen molar-refractivity contribution in [2.45, 2.75) is 26.9 Å². The van der Waals surface area contributed by atoms with E-state index >= 15 is 0 Å². The quantitative estimate of drug-likeness (QED) is 0.707. The van der Waals surface area contributed by atoms with Gasteiger partial charge in [0.05, 0.1) is 12.3 Å². The van der Waals surface area contributed by atoms with Crippen molar-refractivity contribution in [2.24, 2.45) is 5.92 Å². The summed E-state index contributed by atoms with van der Waals surface area (Å²) in [6.07, 6.45) is 1.07. The van der Waals surface area contributed by atoms with Gasteiger partial charge in [0.2, 0.25) is 0 Å². The molecule has 0 bridgehead atoms. The molecule has 4 heteroatoms.